The molecule has 0 aromatic heterocycles. The van der Waals surface area contributed by atoms with Gasteiger partial charge in [0.2, 0.25) is 0 Å². The van der Waals surface area contributed by atoms with Gasteiger partial charge in [-0.25, -0.2) is 0 Å². The second kappa shape index (κ2) is 5.09. The second-order valence-electron chi connectivity index (χ2n) is 6.35. The molecule has 2 saturated carbocycles. The standard InChI is InChI=1S/C15H25NO/c17-15-7-9-16(10-8-15)14-6-5-12-3-1-2-4-13(12)11-14/h12-14H,1-11H2/t12-,13+,14+/m1/s1. The number of ketones is 1. The zero-order valence-corrected chi connectivity index (χ0v) is 10.9. The zero-order chi connectivity index (χ0) is 11.7. The summed E-state index contributed by atoms with van der Waals surface area (Å²) in [6.07, 6.45) is 11.8. The molecule has 0 bridgehead atoms. The third-order valence-corrected chi connectivity index (χ3v) is 5.38. The van der Waals surface area contributed by atoms with Crippen molar-refractivity contribution in [3.63, 3.8) is 0 Å². The van der Waals surface area contributed by atoms with Crippen molar-refractivity contribution >= 4 is 5.78 Å². The monoisotopic (exact) mass is 235 g/mol. The molecule has 0 radical (unpaired) electrons. The van der Waals surface area contributed by atoms with E-state index in [1.165, 1.54) is 44.9 Å². The summed E-state index contributed by atoms with van der Waals surface area (Å²) in [6, 6.07) is 0.808. The minimum Gasteiger partial charge on any atom is -0.300 e. The highest BCUT2D eigenvalue weighted by atomic mass is 16.1. The Hall–Kier alpha value is -0.370. The highest BCUT2D eigenvalue weighted by molar-refractivity contribution is 5.79. The molecule has 0 amide bonds. The molecule has 2 aliphatic carbocycles. The molecular weight excluding hydrogens is 210 g/mol. The van der Waals surface area contributed by atoms with Gasteiger partial charge in [-0.1, -0.05) is 25.7 Å². The van der Waals surface area contributed by atoms with Gasteiger partial charge in [0, 0.05) is 32.0 Å². The lowest BCUT2D eigenvalue weighted by Gasteiger charge is -2.44. The minimum atomic E-state index is 0.479. The maximum Gasteiger partial charge on any atom is 0.135 e. The van der Waals surface area contributed by atoms with Crippen molar-refractivity contribution in [3.8, 4) is 0 Å². The minimum absolute atomic E-state index is 0.479. The Morgan fingerprint density at radius 2 is 1.59 bits per heavy atom. The summed E-state index contributed by atoms with van der Waals surface area (Å²) >= 11 is 0. The van der Waals surface area contributed by atoms with Crippen molar-refractivity contribution in [2.75, 3.05) is 13.1 Å². The fourth-order valence-electron chi connectivity index (χ4n) is 4.32. The largest absolute Gasteiger partial charge is 0.300 e. The van der Waals surface area contributed by atoms with Crippen LogP contribution in [0.4, 0.5) is 0 Å². The van der Waals surface area contributed by atoms with E-state index in [1.807, 2.05) is 0 Å². The molecule has 2 heteroatoms. The van der Waals surface area contributed by atoms with Gasteiger partial charge in [-0.15, -0.1) is 0 Å². The average molecular weight is 235 g/mol. The maximum atomic E-state index is 11.3. The summed E-state index contributed by atoms with van der Waals surface area (Å²) in [5.74, 6) is 2.54. The predicted molar refractivity (Wildman–Crippen MR) is 68.9 cm³/mol. The lowest BCUT2D eigenvalue weighted by molar-refractivity contribution is -0.122. The first-order valence-corrected chi connectivity index (χ1v) is 7.58. The van der Waals surface area contributed by atoms with Crippen LogP contribution in [0, 0.1) is 11.8 Å². The summed E-state index contributed by atoms with van der Waals surface area (Å²) in [5.41, 5.74) is 0. The van der Waals surface area contributed by atoms with Crippen molar-refractivity contribution in [1.29, 1.82) is 0 Å². The van der Waals surface area contributed by atoms with E-state index in [-0.39, 0.29) is 0 Å². The Morgan fingerprint density at radius 3 is 2.35 bits per heavy atom. The first-order valence-electron chi connectivity index (χ1n) is 7.58. The van der Waals surface area contributed by atoms with E-state index in [2.05, 4.69) is 4.90 Å². The smallest absolute Gasteiger partial charge is 0.135 e. The molecule has 17 heavy (non-hydrogen) atoms. The number of piperidine rings is 1. The number of likely N-dealkylation sites (tertiary alicyclic amines) is 1. The van der Waals surface area contributed by atoms with Crippen LogP contribution in [0.2, 0.25) is 0 Å². The molecule has 1 saturated heterocycles. The molecule has 2 nitrogen and oxygen atoms in total. The van der Waals surface area contributed by atoms with Crippen LogP contribution in [-0.4, -0.2) is 29.8 Å². The topological polar surface area (TPSA) is 20.3 Å². The van der Waals surface area contributed by atoms with E-state index in [9.17, 15) is 4.79 Å². The number of rotatable bonds is 1. The van der Waals surface area contributed by atoms with Crippen LogP contribution >= 0.6 is 0 Å². The van der Waals surface area contributed by atoms with Crippen molar-refractivity contribution in [3.05, 3.63) is 0 Å². The molecule has 1 heterocycles. The molecule has 0 aromatic carbocycles. The van der Waals surface area contributed by atoms with E-state index in [0.29, 0.717) is 5.78 Å². The average Bonchev–Trinajstić information content (AvgIpc) is 2.39. The molecule has 96 valence electrons. The lowest BCUT2D eigenvalue weighted by Crippen LogP contribution is -2.45. The van der Waals surface area contributed by atoms with Gasteiger partial charge in [0.05, 0.1) is 0 Å². The van der Waals surface area contributed by atoms with E-state index < -0.39 is 0 Å². The van der Waals surface area contributed by atoms with Gasteiger partial charge in [0.15, 0.2) is 0 Å². The number of hydrogen-bond acceptors (Lipinski definition) is 2. The molecule has 1 aliphatic heterocycles. The first-order chi connectivity index (χ1) is 8.33. The number of nitrogens with zero attached hydrogens (tertiary/aromatic N) is 1. The predicted octanol–water partition coefficient (Wildman–Crippen LogP) is 3.01. The Labute approximate surface area is 105 Å². The number of carbonyl (C=O) groups is 1. The fourth-order valence-corrected chi connectivity index (χ4v) is 4.32. The quantitative estimate of drug-likeness (QED) is 0.696. The van der Waals surface area contributed by atoms with Crippen LogP contribution in [0.15, 0.2) is 0 Å². The van der Waals surface area contributed by atoms with Crippen LogP contribution in [0.25, 0.3) is 0 Å². The molecule has 3 rings (SSSR count). The fraction of sp³-hybridized carbons (Fsp3) is 0.933. The molecule has 0 N–H and O–H groups in total. The summed E-state index contributed by atoms with van der Waals surface area (Å²) in [7, 11) is 0. The van der Waals surface area contributed by atoms with Gasteiger partial charge in [-0.05, 0) is 31.1 Å². The number of Topliss-reactive ketones (excluding diaryl/α,β-unsaturated/α-hetero) is 1. The van der Waals surface area contributed by atoms with E-state index >= 15 is 0 Å². The van der Waals surface area contributed by atoms with Crippen molar-refractivity contribution in [2.45, 2.75) is 63.8 Å². The van der Waals surface area contributed by atoms with Gasteiger partial charge in [0.25, 0.3) is 0 Å². The van der Waals surface area contributed by atoms with Crippen molar-refractivity contribution in [1.82, 2.24) is 4.90 Å². The molecule has 0 spiro atoms. The summed E-state index contributed by atoms with van der Waals surface area (Å²) < 4.78 is 0. The maximum absolute atomic E-state index is 11.3. The number of fused-ring (bicyclic) bond motifs is 1. The highest BCUT2D eigenvalue weighted by Crippen LogP contribution is 2.41. The van der Waals surface area contributed by atoms with E-state index in [0.717, 1.165) is 43.8 Å². The summed E-state index contributed by atoms with van der Waals surface area (Å²) in [4.78, 5) is 13.9. The van der Waals surface area contributed by atoms with Crippen molar-refractivity contribution < 1.29 is 4.79 Å². The lowest BCUT2D eigenvalue weighted by atomic mass is 9.69. The Balaban J connectivity index is 1.56. The Bertz CT molecular complexity index is 279. The Morgan fingerprint density at radius 1 is 0.882 bits per heavy atom. The number of carbonyl (C=O) groups excluding carboxylic acids is 1. The molecular formula is C15H25NO. The Kier molecular flexibility index (Phi) is 3.51. The van der Waals surface area contributed by atoms with Gasteiger partial charge in [-0.3, -0.25) is 9.69 Å². The van der Waals surface area contributed by atoms with Crippen molar-refractivity contribution in [2.24, 2.45) is 11.8 Å². The third-order valence-electron chi connectivity index (χ3n) is 5.38. The van der Waals surface area contributed by atoms with Crippen LogP contribution in [0.1, 0.15) is 57.8 Å². The summed E-state index contributed by atoms with van der Waals surface area (Å²) in [5, 5.41) is 0. The van der Waals surface area contributed by atoms with Gasteiger partial charge < -0.3 is 0 Å². The molecule has 3 fully saturated rings. The van der Waals surface area contributed by atoms with Crippen LogP contribution in [0.5, 0.6) is 0 Å². The first kappa shape index (κ1) is 11.7. The zero-order valence-electron chi connectivity index (χ0n) is 10.9. The molecule has 3 aliphatic rings. The van der Waals surface area contributed by atoms with E-state index in [4.69, 9.17) is 0 Å². The normalized spacial score (nSPS) is 40.0. The van der Waals surface area contributed by atoms with Gasteiger partial charge in [0.1, 0.15) is 5.78 Å². The third kappa shape index (κ3) is 2.57. The highest BCUT2D eigenvalue weighted by Gasteiger charge is 2.35. The van der Waals surface area contributed by atoms with Gasteiger partial charge in [-0.2, -0.15) is 0 Å². The molecule has 0 unspecified atom stereocenters. The van der Waals surface area contributed by atoms with Gasteiger partial charge >= 0.3 is 0 Å². The summed E-state index contributed by atoms with van der Waals surface area (Å²) in [6.45, 7) is 2.09. The molecule has 0 aromatic rings. The second-order valence-corrected chi connectivity index (χ2v) is 6.35. The molecule has 3 atom stereocenters. The van der Waals surface area contributed by atoms with E-state index in [1.54, 1.807) is 0 Å². The van der Waals surface area contributed by atoms with Crippen LogP contribution < -0.4 is 0 Å². The number of hydrogen-bond donors (Lipinski definition) is 0. The van der Waals surface area contributed by atoms with Crippen LogP contribution in [-0.2, 0) is 4.79 Å². The SMILES string of the molecule is O=C1CCN([C@H]2CC[C@H]3CCCC[C@H]3C2)CC1. The van der Waals surface area contributed by atoms with Crippen LogP contribution in [0.3, 0.4) is 0 Å².